The fraction of sp³-hybridized carbons (Fsp3) is 0.214. The molecular weight excluding hydrogens is 290 g/mol. The molecular formula is C14H15N3O3S. The van der Waals surface area contributed by atoms with Gasteiger partial charge in [0.25, 0.3) is 5.56 Å². The number of aromatic amines is 1. The number of methoxy groups -OCH3 is 1. The van der Waals surface area contributed by atoms with Crippen LogP contribution in [-0.4, -0.2) is 28.6 Å². The Morgan fingerprint density at radius 2 is 2.19 bits per heavy atom. The third kappa shape index (κ3) is 3.85. The highest BCUT2D eigenvalue weighted by atomic mass is 32.2. The molecule has 0 atom stereocenters. The number of rotatable bonds is 5. The summed E-state index contributed by atoms with van der Waals surface area (Å²) in [5, 5.41) is 0.332. The normalized spacial score (nSPS) is 10.4. The van der Waals surface area contributed by atoms with Crippen molar-refractivity contribution in [2.45, 2.75) is 12.1 Å². The molecule has 1 aromatic carbocycles. The van der Waals surface area contributed by atoms with Crippen molar-refractivity contribution in [3.05, 3.63) is 45.7 Å². The number of Topliss-reactive ketones (excluding diaryl/α,β-unsaturated/α-hetero) is 1. The number of hydrogen-bond acceptors (Lipinski definition) is 6. The SMILES string of the molecule is COc1ccc(C(=O)CSc2nc(N)cc(=O)[nH]2)cc1C. The molecule has 0 bridgehead atoms. The predicted molar refractivity (Wildman–Crippen MR) is 82.1 cm³/mol. The topological polar surface area (TPSA) is 98.1 Å². The number of nitrogens with one attached hydrogen (secondary N) is 1. The van der Waals surface area contributed by atoms with Crippen molar-refractivity contribution in [3.63, 3.8) is 0 Å². The van der Waals surface area contributed by atoms with Gasteiger partial charge in [0.15, 0.2) is 10.9 Å². The number of nitrogen functional groups attached to an aromatic ring is 1. The number of ether oxygens (including phenoxy) is 1. The minimum atomic E-state index is -0.335. The number of nitrogens with zero attached hydrogens (tertiary/aromatic N) is 1. The average Bonchev–Trinajstić information content (AvgIpc) is 2.43. The van der Waals surface area contributed by atoms with Gasteiger partial charge in [-0.2, -0.15) is 0 Å². The summed E-state index contributed by atoms with van der Waals surface area (Å²) in [5.41, 5.74) is 6.63. The number of anilines is 1. The first-order valence-electron chi connectivity index (χ1n) is 6.17. The summed E-state index contributed by atoms with van der Waals surface area (Å²) in [4.78, 5) is 29.9. The summed E-state index contributed by atoms with van der Waals surface area (Å²) in [5.74, 6) is 0.976. The second-order valence-electron chi connectivity index (χ2n) is 4.37. The number of hydrogen-bond donors (Lipinski definition) is 2. The molecule has 21 heavy (non-hydrogen) atoms. The van der Waals surface area contributed by atoms with Crippen molar-refractivity contribution in [2.24, 2.45) is 0 Å². The van der Waals surface area contributed by atoms with Gasteiger partial charge in [-0.15, -0.1) is 0 Å². The molecule has 0 saturated heterocycles. The molecule has 0 aliphatic carbocycles. The van der Waals surface area contributed by atoms with Gasteiger partial charge in [-0.3, -0.25) is 9.59 Å². The van der Waals surface area contributed by atoms with Gasteiger partial charge in [-0.1, -0.05) is 11.8 Å². The third-order valence-electron chi connectivity index (χ3n) is 2.80. The van der Waals surface area contributed by atoms with Crippen molar-refractivity contribution < 1.29 is 9.53 Å². The second-order valence-corrected chi connectivity index (χ2v) is 5.34. The Labute approximate surface area is 125 Å². The number of nitrogens with two attached hydrogens (primary N) is 1. The zero-order valence-electron chi connectivity index (χ0n) is 11.7. The molecule has 2 aromatic rings. The van der Waals surface area contributed by atoms with Crippen LogP contribution < -0.4 is 16.0 Å². The zero-order valence-corrected chi connectivity index (χ0v) is 12.5. The molecule has 0 fully saturated rings. The van der Waals surface area contributed by atoms with Gasteiger partial charge >= 0.3 is 0 Å². The quantitative estimate of drug-likeness (QED) is 0.495. The summed E-state index contributed by atoms with van der Waals surface area (Å²) >= 11 is 1.14. The van der Waals surface area contributed by atoms with Gasteiger partial charge in [0.1, 0.15) is 11.6 Å². The van der Waals surface area contributed by atoms with Crippen molar-refractivity contribution >= 4 is 23.4 Å². The van der Waals surface area contributed by atoms with E-state index < -0.39 is 0 Å². The number of carbonyl (C=O) groups is 1. The maximum Gasteiger partial charge on any atom is 0.253 e. The number of ketones is 1. The number of carbonyl (C=O) groups excluding carboxylic acids is 1. The van der Waals surface area contributed by atoms with Crippen LogP contribution in [0.3, 0.4) is 0 Å². The lowest BCUT2D eigenvalue weighted by molar-refractivity contribution is 0.102. The maximum atomic E-state index is 12.1. The second kappa shape index (κ2) is 6.45. The summed E-state index contributed by atoms with van der Waals surface area (Å²) in [6, 6.07) is 6.44. The lowest BCUT2D eigenvalue weighted by Crippen LogP contribution is -2.11. The summed E-state index contributed by atoms with van der Waals surface area (Å²) in [6.07, 6.45) is 0. The Balaban J connectivity index is 2.08. The van der Waals surface area contributed by atoms with Crippen LogP contribution in [0.2, 0.25) is 0 Å². The molecule has 0 unspecified atom stereocenters. The van der Waals surface area contributed by atoms with Gasteiger partial charge in [0.2, 0.25) is 0 Å². The van der Waals surface area contributed by atoms with E-state index in [2.05, 4.69) is 9.97 Å². The van der Waals surface area contributed by atoms with E-state index in [-0.39, 0.29) is 22.9 Å². The molecule has 110 valence electrons. The molecule has 1 aromatic heterocycles. The maximum absolute atomic E-state index is 12.1. The van der Waals surface area contributed by atoms with Crippen LogP contribution in [0.5, 0.6) is 5.75 Å². The molecule has 0 spiro atoms. The molecule has 6 nitrogen and oxygen atoms in total. The minimum absolute atomic E-state index is 0.0594. The Morgan fingerprint density at radius 3 is 2.81 bits per heavy atom. The fourth-order valence-corrected chi connectivity index (χ4v) is 2.57. The standard InChI is InChI=1S/C14H15N3O3S/c1-8-5-9(3-4-11(8)20-2)10(18)7-21-14-16-12(15)6-13(19)17-14/h3-6H,7H2,1-2H3,(H3,15,16,17,19). The third-order valence-corrected chi connectivity index (χ3v) is 3.67. The number of benzene rings is 1. The van der Waals surface area contributed by atoms with Gasteiger partial charge in [-0.25, -0.2) is 4.98 Å². The number of aryl methyl sites for hydroxylation is 1. The summed E-state index contributed by atoms with van der Waals surface area (Å²) in [7, 11) is 1.58. The first-order valence-corrected chi connectivity index (χ1v) is 7.15. The predicted octanol–water partition coefficient (Wildman–Crippen LogP) is 1.64. The molecule has 0 aliphatic heterocycles. The van der Waals surface area contributed by atoms with Crippen molar-refractivity contribution in [3.8, 4) is 5.75 Å². The molecule has 7 heteroatoms. The summed E-state index contributed by atoms with van der Waals surface area (Å²) in [6.45, 7) is 1.87. The Kier molecular flexibility index (Phi) is 4.64. The molecule has 0 amide bonds. The van der Waals surface area contributed by atoms with E-state index in [1.54, 1.807) is 25.3 Å². The van der Waals surface area contributed by atoms with E-state index in [0.29, 0.717) is 10.7 Å². The number of thioether (sulfide) groups is 1. The van der Waals surface area contributed by atoms with Crippen LogP contribution in [-0.2, 0) is 0 Å². The van der Waals surface area contributed by atoms with E-state index in [1.807, 2.05) is 6.92 Å². The van der Waals surface area contributed by atoms with Gasteiger partial charge < -0.3 is 15.5 Å². The van der Waals surface area contributed by atoms with Crippen LogP contribution in [0, 0.1) is 6.92 Å². The highest BCUT2D eigenvalue weighted by molar-refractivity contribution is 7.99. The first kappa shape index (κ1) is 15.1. The fourth-order valence-electron chi connectivity index (χ4n) is 1.79. The minimum Gasteiger partial charge on any atom is -0.496 e. The van der Waals surface area contributed by atoms with Gasteiger partial charge in [0.05, 0.1) is 12.9 Å². The zero-order chi connectivity index (χ0) is 15.4. The van der Waals surface area contributed by atoms with E-state index in [4.69, 9.17) is 10.5 Å². The molecule has 0 aliphatic rings. The molecule has 1 heterocycles. The summed E-state index contributed by atoms with van der Waals surface area (Å²) < 4.78 is 5.16. The molecule has 0 saturated carbocycles. The molecule has 2 rings (SSSR count). The van der Waals surface area contributed by atoms with E-state index >= 15 is 0 Å². The van der Waals surface area contributed by atoms with Crippen LogP contribution >= 0.6 is 11.8 Å². The Hall–Kier alpha value is -2.28. The Morgan fingerprint density at radius 1 is 1.43 bits per heavy atom. The van der Waals surface area contributed by atoms with Crippen molar-refractivity contribution in [2.75, 3.05) is 18.6 Å². The highest BCUT2D eigenvalue weighted by Crippen LogP contribution is 2.20. The Bertz CT molecular complexity index is 728. The number of H-pyrrole nitrogens is 1. The van der Waals surface area contributed by atoms with Gasteiger partial charge in [0, 0.05) is 11.6 Å². The lowest BCUT2D eigenvalue weighted by atomic mass is 10.1. The molecule has 3 N–H and O–H groups in total. The van der Waals surface area contributed by atoms with Crippen LogP contribution in [0.15, 0.2) is 34.2 Å². The average molecular weight is 305 g/mol. The van der Waals surface area contributed by atoms with Crippen molar-refractivity contribution in [1.82, 2.24) is 9.97 Å². The van der Waals surface area contributed by atoms with Crippen LogP contribution in [0.25, 0.3) is 0 Å². The van der Waals surface area contributed by atoms with E-state index in [0.717, 1.165) is 23.1 Å². The lowest BCUT2D eigenvalue weighted by Gasteiger charge is -2.06. The molecule has 0 radical (unpaired) electrons. The smallest absolute Gasteiger partial charge is 0.253 e. The first-order chi connectivity index (χ1) is 9.99. The van der Waals surface area contributed by atoms with Crippen molar-refractivity contribution in [1.29, 1.82) is 0 Å². The monoisotopic (exact) mass is 305 g/mol. The van der Waals surface area contributed by atoms with E-state index in [1.165, 1.54) is 6.07 Å². The van der Waals surface area contributed by atoms with Crippen LogP contribution in [0.4, 0.5) is 5.82 Å². The van der Waals surface area contributed by atoms with Gasteiger partial charge in [-0.05, 0) is 30.7 Å². The van der Waals surface area contributed by atoms with Crippen LogP contribution in [0.1, 0.15) is 15.9 Å². The largest absolute Gasteiger partial charge is 0.496 e. The highest BCUT2D eigenvalue weighted by Gasteiger charge is 2.10. The number of aromatic nitrogens is 2. The van der Waals surface area contributed by atoms with E-state index in [9.17, 15) is 9.59 Å².